The highest BCUT2D eigenvalue weighted by molar-refractivity contribution is 7.89. The standard InChI is InChI=1S/C10H15NO6S/c1-3-15-4-5-16-10(12)8-6-9(7(2)17-8)18(11,13)14/h6H,3-5H2,1-2H3,(H2,11,13,14). The number of sulfonamides is 1. The van der Waals surface area contributed by atoms with Gasteiger partial charge in [0.1, 0.15) is 17.3 Å². The molecule has 1 rings (SSSR count). The summed E-state index contributed by atoms with van der Waals surface area (Å²) in [6, 6.07) is 1.05. The molecule has 0 atom stereocenters. The minimum atomic E-state index is -3.90. The lowest BCUT2D eigenvalue weighted by Crippen LogP contribution is -2.12. The Morgan fingerprint density at radius 3 is 2.61 bits per heavy atom. The van der Waals surface area contributed by atoms with Gasteiger partial charge >= 0.3 is 5.97 Å². The Hall–Kier alpha value is -1.38. The molecule has 1 heterocycles. The second kappa shape index (κ2) is 5.98. The minimum Gasteiger partial charge on any atom is -0.457 e. The molecule has 0 radical (unpaired) electrons. The van der Waals surface area contributed by atoms with Crippen LogP contribution in [0.3, 0.4) is 0 Å². The van der Waals surface area contributed by atoms with Crippen LogP contribution >= 0.6 is 0 Å². The van der Waals surface area contributed by atoms with Crippen molar-refractivity contribution in [3.63, 3.8) is 0 Å². The van der Waals surface area contributed by atoms with Crippen LogP contribution in [-0.4, -0.2) is 34.2 Å². The first kappa shape index (κ1) is 14.7. The van der Waals surface area contributed by atoms with E-state index >= 15 is 0 Å². The molecule has 0 saturated heterocycles. The van der Waals surface area contributed by atoms with Crippen molar-refractivity contribution >= 4 is 16.0 Å². The number of rotatable bonds is 6. The number of esters is 1. The highest BCUT2D eigenvalue weighted by Crippen LogP contribution is 2.19. The van der Waals surface area contributed by atoms with Crippen LogP contribution in [0.5, 0.6) is 0 Å². The Labute approximate surface area is 105 Å². The van der Waals surface area contributed by atoms with Gasteiger partial charge in [0.05, 0.1) is 6.61 Å². The highest BCUT2D eigenvalue weighted by atomic mass is 32.2. The van der Waals surface area contributed by atoms with Crippen LogP contribution in [-0.2, 0) is 19.5 Å². The monoisotopic (exact) mass is 277 g/mol. The van der Waals surface area contributed by atoms with Crippen molar-refractivity contribution in [2.45, 2.75) is 18.7 Å². The Morgan fingerprint density at radius 2 is 2.11 bits per heavy atom. The molecule has 18 heavy (non-hydrogen) atoms. The van der Waals surface area contributed by atoms with Crippen LogP contribution in [0.4, 0.5) is 0 Å². The summed E-state index contributed by atoms with van der Waals surface area (Å²) in [4.78, 5) is 11.3. The second-order valence-electron chi connectivity index (χ2n) is 3.41. The van der Waals surface area contributed by atoms with E-state index in [9.17, 15) is 13.2 Å². The molecule has 7 nitrogen and oxygen atoms in total. The molecule has 2 N–H and O–H groups in total. The summed E-state index contributed by atoms with van der Waals surface area (Å²) in [6.07, 6.45) is 0. The molecule has 0 unspecified atom stereocenters. The van der Waals surface area contributed by atoms with E-state index in [1.807, 2.05) is 6.92 Å². The minimum absolute atomic E-state index is 0.0502. The lowest BCUT2D eigenvalue weighted by atomic mass is 10.4. The van der Waals surface area contributed by atoms with E-state index in [1.54, 1.807) is 0 Å². The van der Waals surface area contributed by atoms with E-state index < -0.39 is 16.0 Å². The van der Waals surface area contributed by atoms with Crippen molar-refractivity contribution in [2.75, 3.05) is 19.8 Å². The number of nitrogens with two attached hydrogens (primary N) is 1. The molecule has 0 spiro atoms. The average Bonchev–Trinajstić information content (AvgIpc) is 2.66. The normalized spacial score (nSPS) is 11.5. The Morgan fingerprint density at radius 1 is 1.44 bits per heavy atom. The number of primary sulfonamides is 1. The maximum atomic E-state index is 11.5. The smallest absolute Gasteiger partial charge is 0.374 e. The van der Waals surface area contributed by atoms with Gasteiger partial charge in [-0.05, 0) is 13.8 Å². The number of furan rings is 1. The fourth-order valence-corrected chi connectivity index (χ4v) is 1.97. The summed E-state index contributed by atoms with van der Waals surface area (Å²) in [5, 5.41) is 4.95. The summed E-state index contributed by atoms with van der Waals surface area (Å²) in [6.45, 7) is 4.07. The Balaban J connectivity index is 2.71. The van der Waals surface area contributed by atoms with Gasteiger partial charge in [-0.2, -0.15) is 0 Å². The number of hydrogen-bond acceptors (Lipinski definition) is 6. The molecular formula is C10H15NO6S. The van der Waals surface area contributed by atoms with E-state index in [4.69, 9.17) is 19.0 Å². The maximum absolute atomic E-state index is 11.5. The van der Waals surface area contributed by atoms with E-state index in [0.29, 0.717) is 6.61 Å². The molecule has 1 aromatic rings. The van der Waals surface area contributed by atoms with Crippen molar-refractivity contribution in [3.8, 4) is 0 Å². The van der Waals surface area contributed by atoms with Crippen LogP contribution in [0.25, 0.3) is 0 Å². The average molecular weight is 277 g/mol. The number of carbonyl (C=O) groups is 1. The number of ether oxygens (including phenoxy) is 2. The van der Waals surface area contributed by atoms with Crippen molar-refractivity contribution in [3.05, 3.63) is 17.6 Å². The molecule has 0 aliphatic heterocycles. The van der Waals surface area contributed by atoms with Crippen molar-refractivity contribution in [1.82, 2.24) is 0 Å². The molecule has 0 bridgehead atoms. The summed E-state index contributed by atoms with van der Waals surface area (Å²) < 4.78 is 37.1. The Bertz CT molecular complexity index is 518. The third-order valence-electron chi connectivity index (χ3n) is 2.04. The van der Waals surface area contributed by atoms with Crippen molar-refractivity contribution in [2.24, 2.45) is 5.14 Å². The molecule has 0 aliphatic carbocycles. The topological polar surface area (TPSA) is 109 Å². The van der Waals surface area contributed by atoms with Crippen LogP contribution < -0.4 is 5.14 Å². The summed E-state index contributed by atoms with van der Waals surface area (Å²) >= 11 is 0. The quantitative estimate of drug-likeness (QED) is 0.596. The predicted molar refractivity (Wildman–Crippen MR) is 61.6 cm³/mol. The number of hydrogen-bond donors (Lipinski definition) is 1. The third kappa shape index (κ3) is 3.83. The molecule has 1 aromatic heterocycles. The van der Waals surface area contributed by atoms with Gasteiger partial charge in [0.25, 0.3) is 0 Å². The van der Waals surface area contributed by atoms with E-state index in [1.165, 1.54) is 6.92 Å². The van der Waals surface area contributed by atoms with Gasteiger partial charge in [-0.3, -0.25) is 0 Å². The first-order chi connectivity index (χ1) is 8.36. The van der Waals surface area contributed by atoms with Gasteiger partial charge in [0.2, 0.25) is 15.8 Å². The van der Waals surface area contributed by atoms with Gasteiger partial charge in [0.15, 0.2) is 0 Å². The number of carbonyl (C=O) groups excluding carboxylic acids is 1. The van der Waals surface area contributed by atoms with Crippen LogP contribution in [0.15, 0.2) is 15.4 Å². The largest absolute Gasteiger partial charge is 0.457 e. The lowest BCUT2D eigenvalue weighted by molar-refractivity contribution is 0.0303. The molecular weight excluding hydrogens is 262 g/mol. The molecule has 0 amide bonds. The number of aryl methyl sites for hydroxylation is 1. The molecule has 8 heteroatoms. The predicted octanol–water partition coefficient (Wildman–Crippen LogP) is 0.429. The molecule has 0 saturated carbocycles. The van der Waals surface area contributed by atoms with Crippen molar-refractivity contribution in [1.29, 1.82) is 0 Å². The summed E-state index contributed by atoms with van der Waals surface area (Å²) in [5.74, 6) is -0.907. The zero-order chi connectivity index (χ0) is 13.8. The van der Waals surface area contributed by atoms with Crippen LogP contribution in [0.1, 0.15) is 23.2 Å². The molecule has 102 valence electrons. The fraction of sp³-hybridized carbons (Fsp3) is 0.500. The summed E-state index contributed by atoms with van der Waals surface area (Å²) in [7, 11) is -3.90. The van der Waals surface area contributed by atoms with Gasteiger partial charge < -0.3 is 13.9 Å². The molecule has 0 aromatic carbocycles. The second-order valence-corrected chi connectivity index (χ2v) is 4.94. The first-order valence-electron chi connectivity index (χ1n) is 5.24. The van der Waals surface area contributed by atoms with E-state index in [-0.39, 0.29) is 29.6 Å². The zero-order valence-electron chi connectivity index (χ0n) is 10.1. The van der Waals surface area contributed by atoms with Crippen LogP contribution in [0, 0.1) is 6.92 Å². The maximum Gasteiger partial charge on any atom is 0.374 e. The van der Waals surface area contributed by atoms with E-state index in [0.717, 1.165) is 6.07 Å². The highest BCUT2D eigenvalue weighted by Gasteiger charge is 2.21. The molecule has 0 fully saturated rings. The Kier molecular flexibility index (Phi) is 4.88. The zero-order valence-corrected chi connectivity index (χ0v) is 11.0. The van der Waals surface area contributed by atoms with Crippen molar-refractivity contribution < 1.29 is 27.1 Å². The fourth-order valence-electron chi connectivity index (χ4n) is 1.26. The first-order valence-corrected chi connectivity index (χ1v) is 6.79. The van der Waals surface area contributed by atoms with Gasteiger partial charge in [-0.25, -0.2) is 18.4 Å². The lowest BCUT2D eigenvalue weighted by Gasteiger charge is -2.02. The SMILES string of the molecule is CCOCCOC(=O)c1cc(S(N)(=O)=O)c(C)o1. The molecule has 0 aliphatic rings. The van der Waals surface area contributed by atoms with E-state index in [2.05, 4.69) is 0 Å². The van der Waals surface area contributed by atoms with Gasteiger partial charge in [-0.1, -0.05) is 0 Å². The third-order valence-corrected chi connectivity index (χ3v) is 3.06. The van der Waals surface area contributed by atoms with Gasteiger partial charge in [-0.15, -0.1) is 0 Å². The van der Waals surface area contributed by atoms with Crippen LogP contribution in [0.2, 0.25) is 0 Å². The summed E-state index contributed by atoms with van der Waals surface area (Å²) in [5.41, 5.74) is 0. The van der Waals surface area contributed by atoms with Gasteiger partial charge in [0, 0.05) is 12.7 Å².